The molecule has 0 bridgehead atoms. The number of urea groups is 1. The maximum absolute atomic E-state index is 15.9. The van der Waals surface area contributed by atoms with E-state index in [1.807, 2.05) is 51.4 Å². The van der Waals surface area contributed by atoms with Gasteiger partial charge in [-0.05, 0) is 104 Å². The molecule has 8 aromatic rings. The second-order valence-corrected chi connectivity index (χ2v) is 33.4. The number of nitrogens with two attached hydrogens (primary N) is 1. The molecule has 6 heterocycles. The lowest BCUT2D eigenvalue weighted by molar-refractivity contribution is -0.896. The number of hydrogen-bond donors (Lipinski definition) is 8. The highest BCUT2D eigenvalue weighted by molar-refractivity contribution is 7.22. The van der Waals surface area contributed by atoms with Gasteiger partial charge in [-0.3, -0.25) is 33.8 Å². The number of aliphatic hydroxyl groups excluding tert-OH is 1. The Morgan fingerprint density at radius 1 is 0.692 bits per heavy atom. The average molecular weight is 1850 g/mol. The first-order valence-corrected chi connectivity index (χ1v) is 43.9. The molecule has 0 aliphatic carbocycles. The first-order valence-electron chi connectivity index (χ1n) is 42.3. The number of carbonyl (C=O) groups is 8. The van der Waals surface area contributed by atoms with E-state index in [2.05, 4.69) is 79.2 Å². The minimum absolute atomic E-state index is 0.0264. The Morgan fingerprint density at radius 2 is 1.33 bits per heavy atom. The zero-order valence-corrected chi connectivity index (χ0v) is 76.0. The summed E-state index contributed by atoms with van der Waals surface area (Å²) in [7, 11) is 7.18. The van der Waals surface area contributed by atoms with E-state index >= 15 is 4.39 Å². The predicted octanol–water partition coefficient (Wildman–Crippen LogP) is 5.85. The third-order valence-electron chi connectivity index (χ3n) is 19.4. The smallest absolute Gasteiger partial charge is 0.410 e. The van der Waals surface area contributed by atoms with E-state index < -0.39 is 70.9 Å². The van der Waals surface area contributed by atoms with Gasteiger partial charge in [0.1, 0.15) is 43.2 Å². The van der Waals surface area contributed by atoms with E-state index in [0.717, 1.165) is 32.8 Å². The molecule has 1 aliphatic rings. The highest BCUT2D eigenvalue weighted by atomic mass is 32.1. The number of ether oxygens (including phenoxy) is 11. The molecular formula is C86H116FN20O21S2+. The summed E-state index contributed by atoms with van der Waals surface area (Å²) in [5, 5.41) is 60.8. The molecule has 130 heavy (non-hydrogen) atoms. The van der Waals surface area contributed by atoms with Gasteiger partial charge in [0.15, 0.2) is 39.2 Å². The van der Waals surface area contributed by atoms with Gasteiger partial charge in [-0.15, -0.1) is 31.7 Å². The van der Waals surface area contributed by atoms with Gasteiger partial charge >= 0.3 is 18.1 Å². The highest BCUT2D eigenvalue weighted by Crippen LogP contribution is 2.34. The minimum atomic E-state index is -1.28. The predicted molar refractivity (Wildman–Crippen MR) is 475 cm³/mol. The number of hydrogen-bond acceptors (Lipinski definition) is 32. The van der Waals surface area contributed by atoms with E-state index in [4.69, 9.17) is 57.8 Å². The molecule has 9 N–H and O–H groups in total. The summed E-state index contributed by atoms with van der Waals surface area (Å²) >= 11 is 2.68. The molecule has 0 unspecified atom stereocenters. The molecule has 0 saturated heterocycles. The Hall–Kier alpha value is -11.7. The van der Waals surface area contributed by atoms with Crippen LogP contribution in [0.2, 0.25) is 0 Å². The average Bonchev–Trinajstić information content (AvgIpc) is 1.73. The minimum Gasteiger partial charge on any atom is -0.491 e. The number of benzene rings is 3. The molecule has 41 nitrogen and oxygen atoms in total. The molecule has 0 spiro atoms. The SMILES string of the molecule is COCCOCCOCCOCCOCCOCCOCCOCCn1cc(CN(Cc2cc(NC(=O)[C@H](CCCNC(N)=O)NC(=O)[C@@H](NC(=O)CCOCCN3C(=O)C=CC3=O)C(C)(C)C)ccc2C[N+](C)(C)CC#Cc2ccc(OCCCc3sc(N(C)c4cc(C)c(Nc5nc6ccccc6s5)nn4)nc3C(=O)O)c(F)c2)C(=O)OCc2cn(CCO)nn2)nn1. The van der Waals surface area contributed by atoms with Crippen molar-refractivity contribution in [1.82, 2.24) is 75.9 Å². The quantitative estimate of drug-likeness (QED) is 0.00958. The number of imide groups is 1. The van der Waals surface area contributed by atoms with Gasteiger partial charge < -0.3 is 104 Å². The van der Waals surface area contributed by atoms with Crippen LogP contribution in [0.5, 0.6) is 5.75 Å². The van der Waals surface area contributed by atoms with Gasteiger partial charge in [-0.1, -0.05) is 66.7 Å². The number of methoxy groups -OCH3 is 1. The number of amides is 8. The molecule has 8 amide bonds. The van der Waals surface area contributed by atoms with Crippen molar-refractivity contribution in [2.45, 2.75) is 111 Å². The largest absolute Gasteiger partial charge is 0.491 e. The number of carbonyl (C=O) groups excluding carboxylic acids is 7. The standard InChI is InChI=1S/C86H115FN20O21S2/c1-59-50-72(98-99-78(59)95-83-92-67-15-9-10-17-70(67)129-83)102(5)84-94-76(81(114)115)71(130-84)18-13-32-127-69-22-19-60(51-66(69)87)14-12-30-107(6,7)57-61-20-21-63(90-79(112)68(16-11-26-89-82(88)116)91-80(113)77(86(2,3)4)93-73(109)25-33-119-35-29-106-74(110)23-24-75(106)111)52-62(61)53-103(85(117)128-58-65-56-104(27-31-108)101-97-65)54-64-55-105(100-96-64)28-34-120-38-39-122-42-43-124-46-47-126-49-48-125-45-44-123-41-40-121-37-36-118-8/h9-10,15,17,19-24,50-52,55-56,68,77,108H,11,13,16,18,25-49,53-54,57-58H2,1-8H3,(H7-,88,89,90,91,92,93,95,99,109,112,113,114,115,116)/p+1/t68-,77+/m0/s1. The summed E-state index contributed by atoms with van der Waals surface area (Å²) in [6, 6.07) is 15.8. The Labute approximate surface area is 760 Å². The number of fused-ring (bicyclic) bond motifs is 1. The second-order valence-electron chi connectivity index (χ2n) is 31.3. The normalized spacial score (nSPS) is 12.6. The molecule has 5 aromatic heterocycles. The van der Waals surface area contributed by atoms with E-state index in [1.54, 1.807) is 75.0 Å². The molecule has 0 saturated carbocycles. The molecule has 0 radical (unpaired) electrons. The molecule has 0 fully saturated rings. The Balaban J connectivity index is 0.854. The summed E-state index contributed by atoms with van der Waals surface area (Å²) in [5.41, 5.74) is 8.39. The van der Waals surface area contributed by atoms with Crippen LogP contribution in [0.25, 0.3) is 10.2 Å². The van der Waals surface area contributed by atoms with Crippen molar-refractivity contribution in [3.8, 4) is 17.6 Å². The molecule has 44 heteroatoms. The van der Waals surface area contributed by atoms with Crippen molar-refractivity contribution in [3.63, 3.8) is 0 Å². The zero-order chi connectivity index (χ0) is 93.2. The van der Waals surface area contributed by atoms with E-state index in [0.29, 0.717) is 141 Å². The van der Waals surface area contributed by atoms with Crippen LogP contribution < -0.4 is 42.0 Å². The maximum atomic E-state index is 15.9. The van der Waals surface area contributed by atoms with Gasteiger partial charge in [0, 0.05) is 61.0 Å². The number of aromatic nitrogens is 10. The summed E-state index contributed by atoms with van der Waals surface area (Å²) in [6.07, 6.45) is 5.19. The van der Waals surface area contributed by atoms with E-state index in [9.17, 15) is 48.6 Å². The summed E-state index contributed by atoms with van der Waals surface area (Å²) < 4.78 is 81.5. The van der Waals surface area contributed by atoms with Crippen LogP contribution >= 0.6 is 22.7 Å². The molecule has 1 aliphatic heterocycles. The third kappa shape index (κ3) is 35.0. The highest BCUT2D eigenvalue weighted by Gasteiger charge is 2.36. The van der Waals surface area contributed by atoms with E-state index in [1.165, 1.54) is 50.6 Å². The third-order valence-corrected chi connectivity index (χ3v) is 21.5. The number of aliphatic hydroxyl groups is 1. The van der Waals surface area contributed by atoms with Crippen molar-refractivity contribution in [2.75, 3.05) is 189 Å². The number of nitrogens with one attached hydrogen (secondary N) is 5. The topological polar surface area (TPSA) is 487 Å². The first kappa shape index (κ1) is 102. The second kappa shape index (κ2) is 53.4. The maximum Gasteiger partial charge on any atom is 0.410 e. The number of thiazole rings is 2. The molecular weight excluding hydrogens is 1730 g/mol. The molecule has 3 aromatic carbocycles. The fraction of sp³-hybridized carbons (Fsp3) is 0.512. The van der Waals surface area contributed by atoms with Gasteiger partial charge in [-0.2, -0.15) is 0 Å². The fourth-order valence-electron chi connectivity index (χ4n) is 12.6. The van der Waals surface area contributed by atoms with Crippen LogP contribution in [-0.2, 0) is 117 Å². The number of rotatable bonds is 60. The summed E-state index contributed by atoms with van der Waals surface area (Å²) in [5.74, 6) is 2.40. The molecule has 704 valence electrons. The van der Waals surface area contributed by atoms with Crippen molar-refractivity contribution in [1.29, 1.82) is 0 Å². The summed E-state index contributed by atoms with van der Waals surface area (Å²) in [6.45, 7) is 13.0. The number of aromatic carboxylic acids is 1. The number of carboxylic acid groups (broad SMARTS) is 1. The Bertz CT molecular complexity index is 5040. The van der Waals surface area contributed by atoms with Crippen LogP contribution in [0.1, 0.15) is 95.5 Å². The van der Waals surface area contributed by atoms with Gasteiger partial charge in [0.2, 0.25) is 17.7 Å². The van der Waals surface area contributed by atoms with Crippen molar-refractivity contribution < 1.29 is 110 Å². The fourth-order valence-corrected chi connectivity index (χ4v) is 14.5. The molecule has 2 atom stereocenters. The van der Waals surface area contributed by atoms with Gasteiger partial charge in [0.05, 0.1) is 195 Å². The number of anilines is 5. The lowest BCUT2D eigenvalue weighted by Gasteiger charge is -2.32. The number of para-hydroxylation sites is 1. The number of aryl methyl sites for hydroxylation is 2. The monoisotopic (exact) mass is 1850 g/mol. The number of nitrogens with zero attached hydrogens (tertiary/aromatic N) is 14. The Morgan fingerprint density at radius 3 is 1.97 bits per heavy atom. The van der Waals surface area contributed by atoms with Crippen LogP contribution in [0, 0.1) is 30.0 Å². The number of primary amides is 1. The lowest BCUT2D eigenvalue weighted by atomic mass is 9.85. The van der Waals surface area contributed by atoms with Gasteiger partial charge in [0.25, 0.3) is 11.8 Å². The van der Waals surface area contributed by atoms with Crippen LogP contribution in [0.4, 0.5) is 41.6 Å². The summed E-state index contributed by atoms with van der Waals surface area (Å²) in [4.78, 5) is 119. The molecule has 9 rings (SSSR count). The number of halogens is 1. The van der Waals surface area contributed by atoms with Crippen molar-refractivity contribution in [2.24, 2.45) is 11.1 Å². The van der Waals surface area contributed by atoms with Crippen LogP contribution in [0.15, 0.2) is 91.3 Å². The van der Waals surface area contributed by atoms with Crippen LogP contribution in [-0.4, -0.2) is 308 Å². The van der Waals surface area contributed by atoms with Gasteiger partial charge in [-0.25, -0.2) is 38.1 Å². The van der Waals surface area contributed by atoms with Crippen molar-refractivity contribution >= 4 is 108 Å². The zero-order valence-electron chi connectivity index (χ0n) is 74.3. The lowest BCUT2D eigenvalue weighted by Crippen LogP contribution is -2.57. The van der Waals surface area contributed by atoms with Crippen LogP contribution in [0.3, 0.4) is 0 Å². The Kier molecular flexibility index (Phi) is 41.9. The van der Waals surface area contributed by atoms with E-state index in [-0.39, 0.29) is 152 Å². The number of carboxylic acids is 1. The first-order chi connectivity index (χ1) is 62.6. The number of quaternary nitrogens is 1. The van der Waals surface area contributed by atoms with Crippen molar-refractivity contribution in [3.05, 3.63) is 141 Å².